The summed E-state index contributed by atoms with van der Waals surface area (Å²) in [5.41, 5.74) is 7.70. The average Bonchev–Trinajstić information content (AvgIpc) is 2.19. The van der Waals surface area contributed by atoms with E-state index in [-0.39, 0.29) is 6.04 Å². The van der Waals surface area contributed by atoms with E-state index < -0.39 is 0 Å². The Morgan fingerprint density at radius 3 is 2.79 bits per heavy atom. The molecule has 1 rings (SSSR count). The summed E-state index contributed by atoms with van der Waals surface area (Å²) in [5, 5.41) is 0. The second-order valence-corrected chi connectivity index (χ2v) is 3.32. The molecule has 1 aromatic heterocycles. The zero-order valence-electron chi connectivity index (χ0n) is 8.73. The third-order valence-electron chi connectivity index (χ3n) is 2.04. The van der Waals surface area contributed by atoms with Gasteiger partial charge in [-0.3, -0.25) is 9.97 Å². The Balaban J connectivity index is 2.43. The highest BCUT2D eigenvalue weighted by atomic mass is 16.5. The van der Waals surface area contributed by atoms with Crippen molar-refractivity contribution in [3.8, 4) is 0 Å². The Kier molecular flexibility index (Phi) is 4.49. The molecule has 0 saturated carbocycles. The van der Waals surface area contributed by atoms with Crippen molar-refractivity contribution in [2.24, 2.45) is 5.73 Å². The number of ether oxygens (including phenoxy) is 1. The summed E-state index contributed by atoms with van der Waals surface area (Å²) < 4.78 is 4.96. The van der Waals surface area contributed by atoms with Crippen molar-refractivity contribution in [3.05, 3.63) is 23.8 Å². The number of methoxy groups -OCH3 is 1. The minimum Gasteiger partial charge on any atom is -0.385 e. The summed E-state index contributed by atoms with van der Waals surface area (Å²) in [5.74, 6) is 0. The normalized spacial score (nSPS) is 12.8. The maximum Gasteiger partial charge on any atom is 0.0754 e. The summed E-state index contributed by atoms with van der Waals surface area (Å²) in [6, 6.07) is -0.0294. The molecule has 78 valence electrons. The first-order chi connectivity index (χ1) is 6.74. The fourth-order valence-corrected chi connectivity index (χ4v) is 1.19. The number of hydrogen-bond acceptors (Lipinski definition) is 4. The lowest BCUT2D eigenvalue weighted by molar-refractivity contribution is 0.190. The topological polar surface area (TPSA) is 61.0 Å². The fourth-order valence-electron chi connectivity index (χ4n) is 1.19. The molecule has 0 aliphatic heterocycles. The summed E-state index contributed by atoms with van der Waals surface area (Å²) in [4.78, 5) is 8.38. The van der Waals surface area contributed by atoms with Crippen molar-refractivity contribution >= 4 is 0 Å². The molecule has 0 bridgehead atoms. The summed E-state index contributed by atoms with van der Waals surface area (Å²) in [6.45, 7) is 2.65. The van der Waals surface area contributed by atoms with Gasteiger partial charge >= 0.3 is 0 Å². The van der Waals surface area contributed by atoms with Crippen LogP contribution in [0.2, 0.25) is 0 Å². The van der Waals surface area contributed by atoms with Crippen LogP contribution < -0.4 is 5.73 Å². The Morgan fingerprint density at radius 2 is 2.21 bits per heavy atom. The summed E-state index contributed by atoms with van der Waals surface area (Å²) in [7, 11) is 1.69. The largest absolute Gasteiger partial charge is 0.385 e. The molecule has 0 amide bonds. The predicted molar refractivity (Wildman–Crippen MR) is 54.8 cm³/mol. The smallest absolute Gasteiger partial charge is 0.0754 e. The predicted octanol–water partition coefficient (Wildman–Crippen LogP) is 1.21. The van der Waals surface area contributed by atoms with Gasteiger partial charge in [0.25, 0.3) is 0 Å². The van der Waals surface area contributed by atoms with Crippen molar-refractivity contribution < 1.29 is 4.74 Å². The van der Waals surface area contributed by atoms with Gasteiger partial charge in [0.05, 0.1) is 17.6 Å². The lowest BCUT2D eigenvalue weighted by Gasteiger charge is -2.09. The van der Waals surface area contributed by atoms with E-state index in [1.807, 2.05) is 6.92 Å². The van der Waals surface area contributed by atoms with Crippen LogP contribution in [0.25, 0.3) is 0 Å². The fraction of sp³-hybridized carbons (Fsp3) is 0.600. The van der Waals surface area contributed by atoms with Crippen LogP contribution in [0.3, 0.4) is 0 Å². The van der Waals surface area contributed by atoms with Gasteiger partial charge in [0.15, 0.2) is 0 Å². The van der Waals surface area contributed by atoms with Crippen LogP contribution in [0.5, 0.6) is 0 Å². The maximum absolute atomic E-state index is 5.93. The maximum atomic E-state index is 5.93. The molecule has 1 atom stereocenters. The first-order valence-corrected chi connectivity index (χ1v) is 4.77. The first kappa shape index (κ1) is 11.1. The van der Waals surface area contributed by atoms with Crippen molar-refractivity contribution in [2.45, 2.75) is 25.8 Å². The zero-order valence-corrected chi connectivity index (χ0v) is 8.73. The van der Waals surface area contributed by atoms with E-state index in [1.54, 1.807) is 19.5 Å². The standard InChI is InChI=1S/C10H17N3O/c1-8-6-13-10(7-12-8)9(11)4-3-5-14-2/h6-7,9H,3-5,11H2,1-2H3. The second kappa shape index (κ2) is 5.67. The second-order valence-electron chi connectivity index (χ2n) is 3.32. The van der Waals surface area contributed by atoms with Crippen LogP contribution in [0.1, 0.15) is 30.3 Å². The number of nitrogens with two attached hydrogens (primary N) is 1. The van der Waals surface area contributed by atoms with Crippen LogP contribution in [0, 0.1) is 6.92 Å². The summed E-state index contributed by atoms with van der Waals surface area (Å²) >= 11 is 0. The lowest BCUT2D eigenvalue weighted by Crippen LogP contribution is -2.13. The van der Waals surface area contributed by atoms with Crippen molar-refractivity contribution in [2.75, 3.05) is 13.7 Å². The highest BCUT2D eigenvalue weighted by molar-refractivity contribution is 5.04. The molecule has 4 heteroatoms. The van der Waals surface area contributed by atoms with E-state index in [2.05, 4.69) is 9.97 Å². The number of aryl methyl sites for hydroxylation is 1. The zero-order chi connectivity index (χ0) is 10.4. The SMILES string of the molecule is COCCCC(N)c1cnc(C)cn1. The number of rotatable bonds is 5. The summed E-state index contributed by atoms with van der Waals surface area (Å²) in [6.07, 6.45) is 5.32. The molecule has 0 saturated heterocycles. The van der Waals surface area contributed by atoms with E-state index in [9.17, 15) is 0 Å². The van der Waals surface area contributed by atoms with Crippen molar-refractivity contribution in [1.29, 1.82) is 0 Å². The molecule has 0 aliphatic carbocycles. The van der Waals surface area contributed by atoms with Crippen LogP contribution in [-0.2, 0) is 4.74 Å². The number of hydrogen-bond donors (Lipinski definition) is 1. The van der Waals surface area contributed by atoms with Gasteiger partial charge < -0.3 is 10.5 Å². The van der Waals surface area contributed by atoms with Gasteiger partial charge in [-0.15, -0.1) is 0 Å². The Morgan fingerprint density at radius 1 is 1.43 bits per heavy atom. The molecule has 0 radical (unpaired) electrons. The number of aromatic nitrogens is 2. The number of nitrogens with zero attached hydrogens (tertiary/aromatic N) is 2. The third kappa shape index (κ3) is 3.40. The molecule has 1 heterocycles. The average molecular weight is 195 g/mol. The van der Waals surface area contributed by atoms with E-state index in [4.69, 9.17) is 10.5 Å². The van der Waals surface area contributed by atoms with Gasteiger partial charge in [0.2, 0.25) is 0 Å². The van der Waals surface area contributed by atoms with Crippen LogP contribution >= 0.6 is 0 Å². The Hall–Kier alpha value is -1.00. The van der Waals surface area contributed by atoms with Gasteiger partial charge in [-0.1, -0.05) is 0 Å². The Labute approximate surface area is 84.5 Å². The van der Waals surface area contributed by atoms with E-state index in [0.29, 0.717) is 0 Å². The molecule has 14 heavy (non-hydrogen) atoms. The monoisotopic (exact) mass is 195 g/mol. The van der Waals surface area contributed by atoms with Gasteiger partial charge in [0.1, 0.15) is 0 Å². The molecule has 0 aromatic carbocycles. The molecular weight excluding hydrogens is 178 g/mol. The Bertz CT molecular complexity index is 261. The van der Waals surface area contributed by atoms with Gasteiger partial charge in [-0.25, -0.2) is 0 Å². The molecular formula is C10H17N3O. The molecule has 0 spiro atoms. The first-order valence-electron chi connectivity index (χ1n) is 4.77. The highest BCUT2D eigenvalue weighted by Crippen LogP contribution is 2.11. The molecule has 0 aliphatic rings. The van der Waals surface area contributed by atoms with Crippen molar-refractivity contribution in [3.63, 3.8) is 0 Å². The molecule has 0 fully saturated rings. The van der Waals surface area contributed by atoms with E-state index >= 15 is 0 Å². The van der Waals surface area contributed by atoms with Crippen LogP contribution in [0.15, 0.2) is 12.4 Å². The lowest BCUT2D eigenvalue weighted by atomic mass is 10.1. The minimum absolute atomic E-state index is 0.0294. The quantitative estimate of drug-likeness (QED) is 0.717. The molecule has 4 nitrogen and oxygen atoms in total. The molecule has 1 unspecified atom stereocenters. The highest BCUT2D eigenvalue weighted by Gasteiger charge is 2.06. The third-order valence-corrected chi connectivity index (χ3v) is 2.04. The van der Waals surface area contributed by atoms with Crippen LogP contribution in [0.4, 0.5) is 0 Å². The van der Waals surface area contributed by atoms with E-state index in [1.165, 1.54) is 0 Å². The molecule has 2 N–H and O–H groups in total. The minimum atomic E-state index is -0.0294. The van der Waals surface area contributed by atoms with Gasteiger partial charge in [0, 0.05) is 26.0 Å². The van der Waals surface area contributed by atoms with Crippen LogP contribution in [-0.4, -0.2) is 23.7 Å². The molecule has 1 aromatic rings. The van der Waals surface area contributed by atoms with E-state index in [0.717, 1.165) is 30.8 Å². The van der Waals surface area contributed by atoms with Crippen molar-refractivity contribution in [1.82, 2.24) is 9.97 Å². The van der Waals surface area contributed by atoms with Gasteiger partial charge in [-0.2, -0.15) is 0 Å². The van der Waals surface area contributed by atoms with Gasteiger partial charge in [-0.05, 0) is 19.8 Å².